The molecule has 1 heterocycles. The summed E-state index contributed by atoms with van der Waals surface area (Å²) < 4.78 is 5.29. The van der Waals surface area contributed by atoms with Gasteiger partial charge >= 0.3 is 5.97 Å². The van der Waals surface area contributed by atoms with Crippen molar-refractivity contribution in [2.45, 2.75) is 46.6 Å². The molecule has 1 aliphatic heterocycles. The van der Waals surface area contributed by atoms with Crippen molar-refractivity contribution in [1.82, 2.24) is 0 Å². The molecule has 0 aromatic carbocycles. The van der Waals surface area contributed by atoms with Crippen LogP contribution in [0.2, 0.25) is 0 Å². The molecule has 0 amide bonds. The second kappa shape index (κ2) is 4.12. The first-order valence-corrected chi connectivity index (χ1v) is 5.20. The van der Waals surface area contributed by atoms with Crippen molar-refractivity contribution in [3.63, 3.8) is 0 Å². The van der Waals surface area contributed by atoms with Gasteiger partial charge in [-0.05, 0) is 24.2 Å². The molecule has 13 heavy (non-hydrogen) atoms. The molecule has 1 fully saturated rings. The van der Waals surface area contributed by atoms with Crippen molar-refractivity contribution in [1.29, 1.82) is 0 Å². The summed E-state index contributed by atoms with van der Waals surface area (Å²) in [4.78, 5) is 11.3. The average molecular weight is 184 g/mol. The molecule has 1 saturated heterocycles. The number of esters is 1. The van der Waals surface area contributed by atoms with Crippen molar-refractivity contribution >= 4 is 5.97 Å². The van der Waals surface area contributed by atoms with Crippen LogP contribution in [-0.4, -0.2) is 12.1 Å². The Bertz CT molecular complexity index is 167. The fraction of sp³-hybridized carbons (Fsp3) is 0.909. The maximum Gasteiger partial charge on any atom is 0.306 e. The monoisotopic (exact) mass is 184 g/mol. The van der Waals surface area contributed by atoms with Crippen molar-refractivity contribution in [2.75, 3.05) is 0 Å². The lowest BCUT2D eigenvalue weighted by atomic mass is 9.83. The minimum atomic E-state index is -0.0105. The summed E-state index contributed by atoms with van der Waals surface area (Å²) in [5.41, 5.74) is 0. The van der Waals surface area contributed by atoms with Gasteiger partial charge in [0.1, 0.15) is 6.10 Å². The van der Waals surface area contributed by atoms with Gasteiger partial charge in [0.25, 0.3) is 0 Å². The largest absolute Gasteiger partial charge is 0.462 e. The highest BCUT2D eigenvalue weighted by molar-refractivity contribution is 5.70. The van der Waals surface area contributed by atoms with Crippen LogP contribution in [0.3, 0.4) is 0 Å². The Morgan fingerprint density at radius 1 is 1.23 bits per heavy atom. The third-order valence-corrected chi connectivity index (χ3v) is 2.93. The summed E-state index contributed by atoms with van der Waals surface area (Å²) in [5, 5.41) is 0. The smallest absolute Gasteiger partial charge is 0.306 e. The lowest BCUT2D eigenvalue weighted by Crippen LogP contribution is -2.34. The predicted octanol–water partition coefficient (Wildman–Crippen LogP) is 2.62. The molecule has 2 unspecified atom stereocenters. The van der Waals surface area contributed by atoms with Gasteiger partial charge in [-0.1, -0.05) is 27.7 Å². The van der Waals surface area contributed by atoms with Gasteiger partial charge in [0, 0.05) is 6.42 Å². The van der Waals surface area contributed by atoms with E-state index in [0.29, 0.717) is 24.2 Å². The maximum atomic E-state index is 11.3. The van der Waals surface area contributed by atoms with Crippen LogP contribution in [0.4, 0.5) is 0 Å². The molecule has 0 aromatic heterocycles. The fourth-order valence-corrected chi connectivity index (χ4v) is 1.78. The highest BCUT2D eigenvalue weighted by Gasteiger charge is 2.31. The van der Waals surface area contributed by atoms with Gasteiger partial charge in [0.05, 0.1) is 0 Å². The van der Waals surface area contributed by atoms with Crippen molar-refractivity contribution in [3.8, 4) is 0 Å². The minimum absolute atomic E-state index is 0.0105. The third kappa shape index (κ3) is 2.71. The van der Waals surface area contributed by atoms with E-state index in [2.05, 4.69) is 27.7 Å². The summed E-state index contributed by atoms with van der Waals surface area (Å²) in [6, 6.07) is 0. The quantitative estimate of drug-likeness (QED) is 0.617. The van der Waals surface area contributed by atoms with Gasteiger partial charge in [0.15, 0.2) is 0 Å². The van der Waals surface area contributed by atoms with Gasteiger partial charge < -0.3 is 4.74 Å². The zero-order valence-electron chi connectivity index (χ0n) is 9.04. The summed E-state index contributed by atoms with van der Waals surface area (Å²) in [7, 11) is 0. The van der Waals surface area contributed by atoms with Gasteiger partial charge in [-0.25, -0.2) is 0 Å². The molecule has 2 heteroatoms. The Balaban J connectivity index is 2.57. The molecule has 0 aromatic rings. The molecule has 1 rings (SSSR count). The van der Waals surface area contributed by atoms with E-state index < -0.39 is 0 Å². The van der Waals surface area contributed by atoms with Crippen LogP contribution in [0.5, 0.6) is 0 Å². The first-order chi connectivity index (χ1) is 6.00. The number of hydrogen-bond acceptors (Lipinski definition) is 2. The number of carbonyl (C=O) groups is 1. The van der Waals surface area contributed by atoms with Gasteiger partial charge in [0.2, 0.25) is 0 Å². The Labute approximate surface area is 80.7 Å². The molecule has 0 bridgehead atoms. The molecule has 0 spiro atoms. The summed E-state index contributed by atoms with van der Waals surface area (Å²) in [6.07, 6.45) is 1.80. The Hall–Kier alpha value is -0.530. The van der Waals surface area contributed by atoms with Crippen LogP contribution in [0.25, 0.3) is 0 Å². The summed E-state index contributed by atoms with van der Waals surface area (Å²) in [5.74, 6) is 1.55. The number of carbonyl (C=O) groups excluding carboxylic acids is 1. The predicted molar refractivity (Wildman–Crippen MR) is 52.3 cm³/mol. The number of hydrogen-bond donors (Lipinski definition) is 0. The average Bonchev–Trinajstić information content (AvgIpc) is 2.03. The van der Waals surface area contributed by atoms with E-state index in [4.69, 9.17) is 4.74 Å². The highest BCUT2D eigenvalue weighted by atomic mass is 16.5. The Morgan fingerprint density at radius 2 is 1.85 bits per heavy atom. The van der Waals surface area contributed by atoms with Crippen LogP contribution in [0.15, 0.2) is 0 Å². The van der Waals surface area contributed by atoms with Crippen LogP contribution < -0.4 is 0 Å². The van der Waals surface area contributed by atoms with E-state index in [-0.39, 0.29) is 12.1 Å². The molecule has 76 valence electrons. The van der Waals surface area contributed by atoms with Gasteiger partial charge in [-0.15, -0.1) is 0 Å². The molecule has 0 saturated carbocycles. The Kier molecular flexibility index (Phi) is 3.34. The Morgan fingerprint density at radius 3 is 2.31 bits per heavy atom. The van der Waals surface area contributed by atoms with E-state index in [9.17, 15) is 4.79 Å². The molecule has 0 aliphatic carbocycles. The summed E-state index contributed by atoms with van der Waals surface area (Å²) in [6.45, 7) is 8.59. The summed E-state index contributed by atoms with van der Waals surface area (Å²) >= 11 is 0. The van der Waals surface area contributed by atoms with Gasteiger partial charge in [-0.2, -0.15) is 0 Å². The first-order valence-electron chi connectivity index (χ1n) is 5.20. The molecule has 2 nitrogen and oxygen atoms in total. The second-order valence-electron chi connectivity index (χ2n) is 4.72. The third-order valence-electron chi connectivity index (χ3n) is 2.93. The normalized spacial score (nSPS) is 29.5. The maximum absolute atomic E-state index is 11.3. The molecule has 0 N–H and O–H groups in total. The topological polar surface area (TPSA) is 26.3 Å². The van der Waals surface area contributed by atoms with E-state index in [0.717, 1.165) is 6.42 Å². The van der Waals surface area contributed by atoms with E-state index in [1.54, 1.807) is 0 Å². The zero-order chi connectivity index (χ0) is 10.0. The lowest BCUT2D eigenvalue weighted by Gasteiger charge is -2.33. The standard InChI is InChI=1S/C11H20O2/c1-7(2)9-5-10(8(3)4)13-11(12)6-9/h7-10H,5-6H2,1-4H3. The molecule has 0 radical (unpaired) electrons. The van der Waals surface area contributed by atoms with E-state index in [1.165, 1.54) is 0 Å². The zero-order valence-corrected chi connectivity index (χ0v) is 9.04. The van der Waals surface area contributed by atoms with Crippen LogP contribution in [0.1, 0.15) is 40.5 Å². The van der Waals surface area contributed by atoms with Crippen LogP contribution in [-0.2, 0) is 9.53 Å². The second-order valence-corrected chi connectivity index (χ2v) is 4.72. The number of ether oxygens (including phenoxy) is 1. The number of cyclic esters (lactones) is 1. The highest BCUT2D eigenvalue weighted by Crippen LogP contribution is 2.30. The van der Waals surface area contributed by atoms with Gasteiger partial charge in [-0.3, -0.25) is 4.79 Å². The fourth-order valence-electron chi connectivity index (χ4n) is 1.78. The molecular weight excluding hydrogens is 164 g/mol. The minimum Gasteiger partial charge on any atom is -0.462 e. The van der Waals surface area contributed by atoms with Crippen molar-refractivity contribution < 1.29 is 9.53 Å². The number of rotatable bonds is 2. The van der Waals surface area contributed by atoms with E-state index in [1.807, 2.05) is 0 Å². The lowest BCUT2D eigenvalue weighted by molar-refractivity contribution is -0.160. The van der Waals surface area contributed by atoms with Crippen LogP contribution >= 0.6 is 0 Å². The first kappa shape index (κ1) is 10.6. The van der Waals surface area contributed by atoms with Crippen molar-refractivity contribution in [3.05, 3.63) is 0 Å². The molecular formula is C11H20O2. The van der Waals surface area contributed by atoms with Crippen molar-refractivity contribution in [2.24, 2.45) is 17.8 Å². The molecule has 1 aliphatic rings. The molecule has 2 atom stereocenters. The SMILES string of the molecule is CC(C)C1CC(=O)OC(C(C)C)C1. The van der Waals surface area contributed by atoms with Crippen LogP contribution in [0, 0.1) is 17.8 Å². The van der Waals surface area contributed by atoms with E-state index >= 15 is 0 Å².